The molecule has 1 fully saturated rings. The van der Waals surface area contributed by atoms with E-state index in [9.17, 15) is 0 Å². The molecule has 0 radical (unpaired) electrons. The van der Waals surface area contributed by atoms with Gasteiger partial charge in [0.05, 0.1) is 0 Å². The lowest BCUT2D eigenvalue weighted by atomic mass is 9.80. The first kappa shape index (κ1) is 14.1. The molecule has 0 bridgehead atoms. The van der Waals surface area contributed by atoms with E-state index in [1.807, 2.05) is 0 Å². The van der Waals surface area contributed by atoms with Crippen molar-refractivity contribution < 1.29 is 0 Å². The quantitative estimate of drug-likeness (QED) is 0.828. The van der Waals surface area contributed by atoms with Crippen molar-refractivity contribution in [2.24, 2.45) is 11.8 Å². The second kappa shape index (κ2) is 6.71. The van der Waals surface area contributed by atoms with E-state index in [-0.39, 0.29) is 0 Å². The highest BCUT2D eigenvalue weighted by atomic mass is 35.5. The van der Waals surface area contributed by atoms with Crippen LogP contribution in [-0.4, -0.2) is 21.8 Å². The third kappa shape index (κ3) is 3.58. The zero-order chi connectivity index (χ0) is 13.0. The van der Waals surface area contributed by atoms with Crippen molar-refractivity contribution in [2.75, 3.05) is 17.7 Å². The number of halogens is 1. The summed E-state index contributed by atoms with van der Waals surface area (Å²) in [6, 6.07) is 0. The fourth-order valence-corrected chi connectivity index (χ4v) is 3.64. The fourth-order valence-electron chi connectivity index (χ4n) is 2.52. The Morgan fingerprint density at radius 2 is 2.06 bits per heavy atom. The molecular weight excluding hydrogens is 266 g/mol. The first-order valence-electron chi connectivity index (χ1n) is 6.84. The van der Waals surface area contributed by atoms with E-state index in [0.29, 0.717) is 17.8 Å². The molecule has 0 amide bonds. The van der Waals surface area contributed by atoms with Gasteiger partial charge in [-0.3, -0.25) is 0 Å². The molecule has 0 spiro atoms. The van der Waals surface area contributed by atoms with Crippen LogP contribution in [0.3, 0.4) is 0 Å². The molecule has 1 saturated carbocycles. The molecule has 3 nitrogen and oxygen atoms in total. The van der Waals surface area contributed by atoms with Gasteiger partial charge in [0.1, 0.15) is 5.82 Å². The predicted octanol–water partition coefficient (Wildman–Crippen LogP) is 4.12. The lowest BCUT2D eigenvalue weighted by molar-refractivity contribution is 0.272. The number of hydrogen-bond acceptors (Lipinski definition) is 4. The summed E-state index contributed by atoms with van der Waals surface area (Å²) in [6.45, 7) is 5.23. The van der Waals surface area contributed by atoms with Crippen LogP contribution in [0.5, 0.6) is 0 Å². The van der Waals surface area contributed by atoms with Crippen molar-refractivity contribution in [3.63, 3.8) is 0 Å². The second-order valence-electron chi connectivity index (χ2n) is 5.45. The lowest BCUT2D eigenvalue weighted by Gasteiger charge is -2.30. The lowest BCUT2D eigenvalue weighted by Crippen LogP contribution is -2.27. The number of anilines is 1. The molecule has 1 aromatic heterocycles. The van der Waals surface area contributed by atoms with Gasteiger partial charge in [0.25, 0.3) is 0 Å². The predicted molar refractivity (Wildman–Crippen MR) is 78.7 cm³/mol. The van der Waals surface area contributed by atoms with Gasteiger partial charge in [-0.2, -0.15) is 4.37 Å². The third-order valence-electron chi connectivity index (χ3n) is 3.74. The molecule has 1 heterocycles. The van der Waals surface area contributed by atoms with Gasteiger partial charge in [0, 0.05) is 29.9 Å². The molecule has 1 aliphatic rings. The van der Waals surface area contributed by atoms with E-state index in [1.54, 1.807) is 0 Å². The van der Waals surface area contributed by atoms with E-state index in [4.69, 9.17) is 11.6 Å². The highest BCUT2D eigenvalue weighted by Crippen LogP contribution is 2.31. The Bertz CT molecular complexity index is 367. The van der Waals surface area contributed by atoms with E-state index in [2.05, 4.69) is 28.5 Å². The summed E-state index contributed by atoms with van der Waals surface area (Å²) in [7, 11) is 0. The maximum atomic E-state index is 6.05. The van der Waals surface area contributed by atoms with Crippen LogP contribution in [0.1, 0.15) is 51.3 Å². The summed E-state index contributed by atoms with van der Waals surface area (Å²) < 4.78 is 4.36. The molecule has 1 aromatic rings. The molecule has 102 valence electrons. The first-order chi connectivity index (χ1) is 8.70. The summed E-state index contributed by atoms with van der Waals surface area (Å²) in [4.78, 5) is 4.51. The molecule has 1 aliphatic carbocycles. The minimum atomic E-state index is 0.405. The van der Waals surface area contributed by atoms with Crippen molar-refractivity contribution in [3.05, 3.63) is 5.82 Å². The molecule has 2 rings (SSSR count). The number of nitrogens with one attached hydrogen (secondary N) is 1. The van der Waals surface area contributed by atoms with Crippen LogP contribution < -0.4 is 5.32 Å². The number of nitrogens with zero attached hydrogens (tertiary/aromatic N) is 2. The Morgan fingerprint density at radius 1 is 1.33 bits per heavy atom. The van der Waals surface area contributed by atoms with Crippen molar-refractivity contribution in [1.29, 1.82) is 0 Å². The average molecular weight is 288 g/mol. The van der Waals surface area contributed by atoms with E-state index < -0.39 is 0 Å². The van der Waals surface area contributed by atoms with Crippen LogP contribution in [-0.2, 0) is 0 Å². The monoisotopic (exact) mass is 287 g/mol. The Kier molecular flexibility index (Phi) is 5.25. The summed E-state index contributed by atoms with van der Waals surface area (Å²) in [5.41, 5.74) is 0. The van der Waals surface area contributed by atoms with Crippen LogP contribution in [0.15, 0.2) is 0 Å². The van der Waals surface area contributed by atoms with Gasteiger partial charge < -0.3 is 5.32 Å². The van der Waals surface area contributed by atoms with Crippen molar-refractivity contribution in [1.82, 2.24) is 9.36 Å². The Labute approximate surface area is 119 Å². The largest absolute Gasteiger partial charge is 0.360 e. The summed E-state index contributed by atoms with van der Waals surface area (Å²) in [6.07, 6.45) is 5.25. The maximum Gasteiger partial charge on any atom is 0.202 e. The Balaban J connectivity index is 1.85. The molecule has 2 atom stereocenters. The molecule has 2 unspecified atom stereocenters. The SMILES string of the molecule is CC(C)c1nsc(NCC2CCCCC2CCl)n1. The minimum Gasteiger partial charge on any atom is -0.360 e. The van der Waals surface area contributed by atoms with E-state index in [0.717, 1.165) is 23.4 Å². The van der Waals surface area contributed by atoms with Crippen LogP contribution in [0, 0.1) is 11.8 Å². The van der Waals surface area contributed by atoms with Crippen molar-refractivity contribution >= 4 is 28.3 Å². The number of aromatic nitrogens is 2. The first-order valence-corrected chi connectivity index (χ1v) is 8.15. The molecule has 0 aliphatic heterocycles. The van der Waals surface area contributed by atoms with Gasteiger partial charge in [-0.1, -0.05) is 26.7 Å². The van der Waals surface area contributed by atoms with E-state index >= 15 is 0 Å². The summed E-state index contributed by atoms with van der Waals surface area (Å²) in [5, 5.41) is 4.40. The van der Waals surface area contributed by atoms with Crippen molar-refractivity contribution in [2.45, 2.75) is 45.4 Å². The molecule has 1 N–H and O–H groups in total. The smallest absolute Gasteiger partial charge is 0.202 e. The van der Waals surface area contributed by atoms with Gasteiger partial charge in [0.2, 0.25) is 5.13 Å². The topological polar surface area (TPSA) is 37.8 Å². The maximum absolute atomic E-state index is 6.05. The molecule has 5 heteroatoms. The zero-order valence-electron chi connectivity index (χ0n) is 11.2. The summed E-state index contributed by atoms with van der Waals surface area (Å²) >= 11 is 7.52. The molecular formula is C13H22ClN3S. The number of hydrogen-bond donors (Lipinski definition) is 1. The molecule has 0 aromatic carbocycles. The van der Waals surface area contributed by atoms with Gasteiger partial charge in [-0.15, -0.1) is 11.6 Å². The van der Waals surface area contributed by atoms with E-state index in [1.165, 1.54) is 37.2 Å². The minimum absolute atomic E-state index is 0.405. The van der Waals surface area contributed by atoms with Gasteiger partial charge in [-0.25, -0.2) is 4.98 Å². The van der Waals surface area contributed by atoms with Crippen LogP contribution >= 0.6 is 23.1 Å². The van der Waals surface area contributed by atoms with Gasteiger partial charge >= 0.3 is 0 Å². The zero-order valence-corrected chi connectivity index (χ0v) is 12.7. The van der Waals surface area contributed by atoms with Crippen LogP contribution in [0.2, 0.25) is 0 Å². The Morgan fingerprint density at radius 3 is 2.67 bits per heavy atom. The second-order valence-corrected chi connectivity index (χ2v) is 6.51. The summed E-state index contributed by atoms with van der Waals surface area (Å²) in [5.74, 6) is 3.51. The highest BCUT2D eigenvalue weighted by molar-refractivity contribution is 7.09. The Hall–Kier alpha value is -0.350. The van der Waals surface area contributed by atoms with Gasteiger partial charge in [0.15, 0.2) is 0 Å². The standard InChI is InChI=1S/C13H22ClN3S/c1-9(2)12-16-13(18-17-12)15-8-11-6-4-3-5-10(11)7-14/h9-11H,3-8H2,1-2H3,(H,15,16,17). The van der Waals surface area contributed by atoms with Crippen LogP contribution in [0.4, 0.5) is 5.13 Å². The fraction of sp³-hybridized carbons (Fsp3) is 0.846. The van der Waals surface area contributed by atoms with Crippen LogP contribution in [0.25, 0.3) is 0 Å². The van der Waals surface area contributed by atoms with Gasteiger partial charge in [-0.05, 0) is 24.7 Å². The molecule has 0 saturated heterocycles. The third-order valence-corrected chi connectivity index (χ3v) is 4.82. The normalized spacial score (nSPS) is 24.4. The number of alkyl halides is 1. The average Bonchev–Trinajstić information content (AvgIpc) is 2.85. The van der Waals surface area contributed by atoms with Crippen molar-refractivity contribution in [3.8, 4) is 0 Å². The molecule has 18 heavy (non-hydrogen) atoms. The number of rotatable bonds is 5. The highest BCUT2D eigenvalue weighted by Gasteiger charge is 2.24.